The number of methoxy groups -OCH3 is 1. The summed E-state index contributed by atoms with van der Waals surface area (Å²) in [6.07, 6.45) is 9.86. The molecule has 13 nitrogen and oxygen atoms in total. The zero-order valence-electron chi connectivity index (χ0n) is 32.2. The van der Waals surface area contributed by atoms with Gasteiger partial charge >= 0.3 is 12.1 Å². The molecule has 0 bridgehead atoms. The summed E-state index contributed by atoms with van der Waals surface area (Å²) in [4.78, 5) is 31.3. The molecule has 2 aromatic heterocycles. The molecule has 3 atom stereocenters. The fraction of sp³-hybridized carbons (Fsp3) is 0.625. The van der Waals surface area contributed by atoms with Crippen molar-refractivity contribution in [2.24, 2.45) is 10.8 Å². The highest BCUT2D eigenvalue weighted by Crippen LogP contribution is 2.55. The first-order valence-electron chi connectivity index (χ1n) is 19.8. The van der Waals surface area contributed by atoms with Crippen LogP contribution in [0.4, 0.5) is 20.7 Å². The van der Waals surface area contributed by atoms with Crippen LogP contribution < -0.4 is 25.4 Å². The van der Waals surface area contributed by atoms with E-state index in [1.54, 1.807) is 13.0 Å². The lowest BCUT2D eigenvalue weighted by Gasteiger charge is -2.60. The Kier molecular flexibility index (Phi) is 9.98. The van der Waals surface area contributed by atoms with Crippen molar-refractivity contribution in [1.29, 1.82) is 5.41 Å². The molecule has 2 spiro atoms. The number of hydrogen-bond donors (Lipinski definition) is 3. The zero-order chi connectivity index (χ0) is 38.7. The Morgan fingerprint density at radius 1 is 1.15 bits per heavy atom. The number of likely N-dealkylation sites (tertiary alicyclic amines) is 1. The Labute approximate surface area is 326 Å². The Balaban J connectivity index is 0.00000210. The third-order valence-corrected chi connectivity index (χ3v) is 13.5. The zero-order valence-corrected chi connectivity index (χ0v) is 33.0. The number of nitrogens with two attached hydrogens (primary N) is 1. The third-order valence-electron chi connectivity index (χ3n) is 13.0. The number of benzene rings is 1. The molecule has 55 heavy (non-hydrogen) atoms. The summed E-state index contributed by atoms with van der Waals surface area (Å²) in [6, 6.07) is 2.70. The molecule has 296 valence electrons. The molecule has 3 aromatic rings. The van der Waals surface area contributed by atoms with Crippen LogP contribution in [0, 0.1) is 29.0 Å². The minimum Gasteiger partial charge on any atom is -0.480 e. The number of rotatable bonds is 8. The first kappa shape index (κ1) is 37.9. The van der Waals surface area contributed by atoms with Crippen molar-refractivity contribution in [2.75, 3.05) is 63.7 Å². The Bertz CT molecular complexity index is 2010. The molecule has 9 rings (SSSR count). The topological polar surface area (TPSA) is 161 Å². The number of aryl methyl sites for hydroxylation is 1. The second-order valence-electron chi connectivity index (χ2n) is 16.3. The highest BCUT2D eigenvalue weighted by atomic mass is 35.5. The molecular formula is C40H52ClFN8O5. The fourth-order valence-corrected chi connectivity index (χ4v) is 10.6. The number of anilines is 2. The van der Waals surface area contributed by atoms with Crippen LogP contribution in [-0.4, -0.2) is 103 Å². The Morgan fingerprint density at radius 2 is 1.91 bits per heavy atom. The van der Waals surface area contributed by atoms with Crippen LogP contribution in [0.5, 0.6) is 11.9 Å². The minimum atomic E-state index is -0.760. The summed E-state index contributed by atoms with van der Waals surface area (Å²) in [7, 11) is 1.46. The predicted octanol–water partition coefficient (Wildman–Crippen LogP) is 6.68. The van der Waals surface area contributed by atoms with Gasteiger partial charge in [-0.25, -0.2) is 14.2 Å². The average molecular weight is 779 g/mol. The molecular weight excluding hydrogens is 727 g/mol. The maximum absolute atomic E-state index is 17.2. The van der Waals surface area contributed by atoms with Gasteiger partial charge in [0.2, 0.25) is 5.88 Å². The van der Waals surface area contributed by atoms with E-state index in [1.165, 1.54) is 20.0 Å². The van der Waals surface area contributed by atoms with Crippen molar-refractivity contribution in [1.82, 2.24) is 25.2 Å². The molecule has 4 N–H and O–H groups in total. The number of alkyl carbamates (subject to hydrolysis) is 1. The molecule has 6 aliphatic rings. The number of fused-ring (bicyclic) bond motifs is 2. The van der Waals surface area contributed by atoms with E-state index in [2.05, 4.69) is 15.2 Å². The van der Waals surface area contributed by atoms with Gasteiger partial charge in [-0.1, -0.05) is 31.9 Å². The van der Waals surface area contributed by atoms with Gasteiger partial charge in [-0.3, -0.25) is 4.90 Å². The number of amides is 1. The van der Waals surface area contributed by atoms with Gasteiger partial charge in [0, 0.05) is 52.5 Å². The maximum Gasteiger partial charge on any atom is 0.407 e. The highest BCUT2D eigenvalue weighted by molar-refractivity contribution is 6.35. The van der Waals surface area contributed by atoms with Crippen LogP contribution in [0.1, 0.15) is 82.8 Å². The fourth-order valence-electron chi connectivity index (χ4n) is 10.3. The number of hydrogen-bond acceptors (Lipinski definition) is 12. The van der Waals surface area contributed by atoms with Crippen molar-refractivity contribution in [2.45, 2.75) is 96.2 Å². The van der Waals surface area contributed by atoms with E-state index in [9.17, 15) is 4.79 Å². The van der Waals surface area contributed by atoms with Gasteiger partial charge in [0.25, 0.3) is 0 Å². The van der Waals surface area contributed by atoms with Crippen LogP contribution in [0.15, 0.2) is 6.07 Å². The van der Waals surface area contributed by atoms with E-state index < -0.39 is 17.5 Å². The largest absolute Gasteiger partial charge is 0.480 e. The number of nitrogens with zero attached hydrogens (tertiary/aromatic N) is 5. The Hall–Kier alpha value is -4.01. The number of nitrogens with one attached hydrogen (secondary N) is 2. The van der Waals surface area contributed by atoms with Crippen LogP contribution in [-0.2, 0) is 9.47 Å². The summed E-state index contributed by atoms with van der Waals surface area (Å²) >= 11 is 6.80. The van der Waals surface area contributed by atoms with E-state index in [4.69, 9.17) is 51.7 Å². The predicted molar refractivity (Wildman–Crippen MR) is 209 cm³/mol. The number of carbonyl (C=O) groups excluding carboxylic acids is 1. The van der Waals surface area contributed by atoms with Gasteiger partial charge in [-0.15, -0.1) is 0 Å². The van der Waals surface area contributed by atoms with Crippen LogP contribution in [0.25, 0.3) is 22.2 Å². The normalized spacial score (nSPS) is 27.1. The second-order valence-corrected chi connectivity index (χ2v) is 16.7. The molecule has 4 aliphatic heterocycles. The smallest absolute Gasteiger partial charge is 0.407 e. The van der Waals surface area contributed by atoms with Crippen LogP contribution in [0.2, 0.25) is 5.02 Å². The van der Waals surface area contributed by atoms with Crippen LogP contribution >= 0.6 is 11.6 Å². The SMILES string of the molecule is CC.COc1nc(-c2c(Cl)c(C)cc(N)c2C=N)c(F)c2nc(OCC34CCCC3N(C3CC5(COC5)C3)CCC4)nc(N3CCCC4(CNC(=O)O4)C3)c12. The van der Waals surface area contributed by atoms with Gasteiger partial charge in [0.15, 0.2) is 5.82 Å². The van der Waals surface area contributed by atoms with E-state index in [0.29, 0.717) is 68.0 Å². The van der Waals surface area contributed by atoms with Gasteiger partial charge < -0.3 is 40.3 Å². The lowest BCUT2D eigenvalue weighted by atomic mass is 9.62. The summed E-state index contributed by atoms with van der Waals surface area (Å²) in [5, 5.41) is 11.4. The lowest BCUT2D eigenvalue weighted by molar-refractivity contribution is -0.196. The van der Waals surface area contributed by atoms with E-state index in [-0.39, 0.29) is 55.7 Å². The van der Waals surface area contributed by atoms with Crippen molar-refractivity contribution >= 4 is 46.3 Å². The number of piperidine rings is 2. The first-order chi connectivity index (χ1) is 26.6. The maximum atomic E-state index is 17.2. The standard InChI is InChI=1S/C38H46ClFN8O5.C2H6/c1-21-12-24(42)23(15-41)26(28(21)39)30-29(40)31-27(33(44-30)50-2)32(47-10-5-9-38(17-47)16-43-35(49)53-38)46-34(45-31)52-20-37-7-3-6-25(37)48(11-4-8-37)22-13-36(14-22)18-51-19-36;1-2/h12,15,22,25,41H,3-11,13-14,16-20,42H2,1-2H3,(H,43,49);1-2H3. The van der Waals surface area contributed by atoms with E-state index in [0.717, 1.165) is 58.1 Å². The van der Waals surface area contributed by atoms with Crippen molar-refractivity contribution in [3.05, 3.63) is 28.0 Å². The van der Waals surface area contributed by atoms with Gasteiger partial charge in [0.1, 0.15) is 28.0 Å². The number of ether oxygens (including phenoxy) is 4. The van der Waals surface area contributed by atoms with E-state index >= 15 is 4.39 Å². The minimum absolute atomic E-state index is 0.0479. The molecule has 1 aromatic carbocycles. The summed E-state index contributed by atoms with van der Waals surface area (Å²) < 4.78 is 41.1. The van der Waals surface area contributed by atoms with E-state index in [1.807, 2.05) is 18.7 Å². The summed E-state index contributed by atoms with van der Waals surface area (Å²) in [6.45, 7) is 10.3. The van der Waals surface area contributed by atoms with Crippen LogP contribution in [0.3, 0.4) is 0 Å². The first-order valence-corrected chi connectivity index (χ1v) is 20.2. The molecule has 4 saturated heterocycles. The molecule has 0 radical (unpaired) electrons. The number of aromatic nitrogens is 3. The number of nitrogen functional groups attached to an aromatic ring is 1. The van der Waals surface area contributed by atoms with Gasteiger partial charge in [-0.05, 0) is 76.5 Å². The molecule has 3 unspecified atom stereocenters. The molecule has 6 heterocycles. The number of pyridine rings is 1. The van der Waals surface area contributed by atoms with Crippen molar-refractivity contribution < 1.29 is 28.1 Å². The molecule has 2 saturated carbocycles. The summed E-state index contributed by atoms with van der Waals surface area (Å²) in [5.74, 6) is -0.291. The molecule has 6 fully saturated rings. The number of halogens is 2. The van der Waals surface area contributed by atoms with Gasteiger partial charge in [0.05, 0.1) is 45.0 Å². The van der Waals surface area contributed by atoms with Gasteiger partial charge in [-0.2, -0.15) is 9.97 Å². The quantitative estimate of drug-likeness (QED) is 0.165. The second kappa shape index (κ2) is 14.5. The molecule has 15 heteroatoms. The third kappa shape index (κ3) is 6.32. The molecule has 1 amide bonds. The van der Waals surface area contributed by atoms with Crippen molar-refractivity contribution in [3.63, 3.8) is 0 Å². The number of carbonyl (C=O) groups is 1. The highest BCUT2D eigenvalue weighted by Gasteiger charge is 2.57. The average Bonchev–Trinajstić information content (AvgIpc) is 3.75. The van der Waals surface area contributed by atoms with Crippen molar-refractivity contribution in [3.8, 4) is 23.1 Å². The molecule has 2 aliphatic carbocycles. The lowest BCUT2D eigenvalue weighted by Crippen LogP contribution is -2.64. The monoisotopic (exact) mass is 778 g/mol. The Morgan fingerprint density at radius 3 is 2.60 bits per heavy atom. The summed E-state index contributed by atoms with van der Waals surface area (Å²) in [5.41, 5.74) is 7.00.